The van der Waals surface area contributed by atoms with Crippen LogP contribution in [-0.4, -0.2) is 38.4 Å². The third kappa shape index (κ3) is 6.21. The SMILES string of the molecule is C[C@@H]1CCCC[C@@H]1NC(=O)CSc1nnc(CC(=O)Nc2ccc(Cl)cc2)n1C. The van der Waals surface area contributed by atoms with E-state index in [2.05, 4.69) is 27.8 Å². The molecular formula is C20H26ClN5O2S. The summed E-state index contributed by atoms with van der Waals surface area (Å²) < 4.78 is 1.75. The maximum absolute atomic E-state index is 12.3. The van der Waals surface area contributed by atoms with Gasteiger partial charge in [-0.05, 0) is 43.0 Å². The van der Waals surface area contributed by atoms with E-state index in [1.807, 2.05) is 0 Å². The normalized spacial score (nSPS) is 19.0. The van der Waals surface area contributed by atoms with Crippen molar-refractivity contribution in [3.63, 3.8) is 0 Å². The number of nitrogens with zero attached hydrogens (tertiary/aromatic N) is 3. The third-order valence-corrected chi connectivity index (χ3v) is 6.43. The van der Waals surface area contributed by atoms with E-state index >= 15 is 0 Å². The van der Waals surface area contributed by atoms with Gasteiger partial charge in [-0.2, -0.15) is 0 Å². The fourth-order valence-electron chi connectivity index (χ4n) is 3.42. The number of hydrogen-bond donors (Lipinski definition) is 2. The van der Waals surface area contributed by atoms with Gasteiger partial charge < -0.3 is 15.2 Å². The standard InChI is InChI=1S/C20H26ClN5O2S/c1-13-5-3-4-6-16(13)23-19(28)12-29-20-25-24-17(26(20)2)11-18(27)22-15-9-7-14(21)8-10-15/h7-10,13,16H,3-6,11-12H2,1-2H3,(H,22,27)(H,23,28)/t13-,16+/m1/s1. The van der Waals surface area contributed by atoms with Crippen LogP contribution in [-0.2, 0) is 23.1 Å². The average Bonchev–Trinajstić information content (AvgIpc) is 3.03. The van der Waals surface area contributed by atoms with Crippen molar-refractivity contribution in [3.05, 3.63) is 35.1 Å². The van der Waals surface area contributed by atoms with Crippen molar-refractivity contribution in [3.8, 4) is 0 Å². The second kappa shape index (κ2) is 10.1. The van der Waals surface area contributed by atoms with E-state index in [0.717, 1.165) is 6.42 Å². The molecule has 2 N–H and O–H groups in total. The molecule has 0 saturated heterocycles. The van der Waals surface area contributed by atoms with Gasteiger partial charge in [0.25, 0.3) is 0 Å². The van der Waals surface area contributed by atoms with Crippen LogP contribution >= 0.6 is 23.4 Å². The molecule has 3 rings (SSSR count). The van der Waals surface area contributed by atoms with Gasteiger partial charge in [0, 0.05) is 23.8 Å². The summed E-state index contributed by atoms with van der Waals surface area (Å²) in [5, 5.41) is 15.4. The number of nitrogens with one attached hydrogen (secondary N) is 2. The minimum absolute atomic E-state index is 0.0128. The van der Waals surface area contributed by atoms with Crippen molar-refractivity contribution < 1.29 is 9.59 Å². The molecule has 29 heavy (non-hydrogen) atoms. The second-order valence-corrected chi connectivity index (χ2v) is 8.79. The second-order valence-electron chi connectivity index (χ2n) is 7.41. The number of amides is 2. The highest BCUT2D eigenvalue weighted by atomic mass is 35.5. The molecule has 0 aliphatic heterocycles. The number of aromatic nitrogens is 3. The van der Waals surface area contributed by atoms with Gasteiger partial charge in [0.05, 0.1) is 12.2 Å². The van der Waals surface area contributed by atoms with E-state index < -0.39 is 0 Å². The summed E-state index contributed by atoms with van der Waals surface area (Å²) in [6.07, 6.45) is 4.73. The Kier molecular flexibility index (Phi) is 7.55. The van der Waals surface area contributed by atoms with E-state index in [9.17, 15) is 9.59 Å². The van der Waals surface area contributed by atoms with E-state index in [4.69, 9.17) is 11.6 Å². The molecule has 1 aliphatic rings. The quantitative estimate of drug-likeness (QED) is 0.650. The lowest BCUT2D eigenvalue weighted by molar-refractivity contribution is -0.120. The molecule has 1 heterocycles. The Morgan fingerprint density at radius 3 is 2.62 bits per heavy atom. The van der Waals surface area contributed by atoms with Gasteiger partial charge in [-0.15, -0.1) is 10.2 Å². The summed E-state index contributed by atoms with van der Waals surface area (Å²) in [6, 6.07) is 7.18. The smallest absolute Gasteiger partial charge is 0.232 e. The molecule has 7 nitrogen and oxygen atoms in total. The van der Waals surface area contributed by atoms with Crippen LogP contribution in [0.15, 0.2) is 29.4 Å². The Hall–Kier alpha value is -2.06. The zero-order valence-corrected chi connectivity index (χ0v) is 18.2. The Labute approximate surface area is 180 Å². The summed E-state index contributed by atoms with van der Waals surface area (Å²) in [5.74, 6) is 1.17. The van der Waals surface area contributed by atoms with Crippen LogP contribution in [0.3, 0.4) is 0 Å². The van der Waals surface area contributed by atoms with Crippen LogP contribution in [0.4, 0.5) is 5.69 Å². The van der Waals surface area contributed by atoms with Crippen LogP contribution in [0.25, 0.3) is 0 Å². The number of benzene rings is 1. The molecule has 1 aromatic heterocycles. The number of halogens is 1. The molecular weight excluding hydrogens is 410 g/mol. The number of rotatable bonds is 7. The highest BCUT2D eigenvalue weighted by Gasteiger charge is 2.23. The number of thioether (sulfide) groups is 1. The maximum Gasteiger partial charge on any atom is 0.232 e. The van der Waals surface area contributed by atoms with Gasteiger partial charge in [-0.25, -0.2) is 0 Å². The van der Waals surface area contributed by atoms with Crippen molar-refractivity contribution in [2.24, 2.45) is 13.0 Å². The predicted molar refractivity (Wildman–Crippen MR) is 115 cm³/mol. The Bertz CT molecular complexity index is 855. The molecule has 2 atom stereocenters. The first kappa shape index (κ1) is 21.6. The van der Waals surface area contributed by atoms with Gasteiger partial charge >= 0.3 is 0 Å². The topological polar surface area (TPSA) is 88.9 Å². The first-order valence-corrected chi connectivity index (χ1v) is 11.1. The van der Waals surface area contributed by atoms with Crippen LogP contribution in [0.1, 0.15) is 38.4 Å². The van der Waals surface area contributed by atoms with Gasteiger partial charge in [-0.1, -0.05) is 43.1 Å². The van der Waals surface area contributed by atoms with Crippen molar-refractivity contribution >= 4 is 40.9 Å². The monoisotopic (exact) mass is 435 g/mol. The van der Waals surface area contributed by atoms with Gasteiger partial charge in [-0.3, -0.25) is 9.59 Å². The maximum atomic E-state index is 12.3. The van der Waals surface area contributed by atoms with E-state index in [1.165, 1.54) is 31.0 Å². The molecule has 9 heteroatoms. The van der Waals surface area contributed by atoms with E-state index in [0.29, 0.717) is 27.6 Å². The lowest BCUT2D eigenvalue weighted by Gasteiger charge is -2.29. The first-order chi connectivity index (χ1) is 13.9. The lowest BCUT2D eigenvalue weighted by Crippen LogP contribution is -2.41. The first-order valence-electron chi connectivity index (χ1n) is 9.78. The van der Waals surface area contributed by atoms with Gasteiger partial charge in [0.15, 0.2) is 5.16 Å². The van der Waals surface area contributed by atoms with Crippen LogP contribution in [0.5, 0.6) is 0 Å². The van der Waals surface area contributed by atoms with Crippen molar-refractivity contribution in [2.75, 3.05) is 11.1 Å². The summed E-state index contributed by atoms with van der Waals surface area (Å²) in [5.41, 5.74) is 0.671. The summed E-state index contributed by atoms with van der Waals surface area (Å²) in [7, 11) is 1.80. The van der Waals surface area contributed by atoms with E-state index in [1.54, 1.807) is 35.9 Å². The molecule has 2 aromatic rings. The number of carbonyl (C=O) groups is 2. The van der Waals surface area contributed by atoms with Crippen molar-refractivity contribution in [1.29, 1.82) is 0 Å². The van der Waals surface area contributed by atoms with Crippen LogP contribution < -0.4 is 10.6 Å². The largest absolute Gasteiger partial charge is 0.352 e. The molecule has 2 amide bonds. The number of hydrogen-bond acceptors (Lipinski definition) is 5. The Morgan fingerprint density at radius 1 is 1.17 bits per heavy atom. The van der Waals surface area contributed by atoms with Crippen LogP contribution in [0, 0.1) is 5.92 Å². The molecule has 1 saturated carbocycles. The zero-order chi connectivity index (χ0) is 20.8. The van der Waals surface area contributed by atoms with E-state index in [-0.39, 0.29) is 30.0 Å². The fourth-order valence-corrected chi connectivity index (χ4v) is 4.28. The number of anilines is 1. The van der Waals surface area contributed by atoms with Crippen LogP contribution in [0.2, 0.25) is 5.02 Å². The molecule has 0 unspecified atom stereocenters. The van der Waals surface area contributed by atoms with Gasteiger partial charge in [0.1, 0.15) is 5.82 Å². The minimum Gasteiger partial charge on any atom is -0.352 e. The highest BCUT2D eigenvalue weighted by Crippen LogP contribution is 2.24. The third-order valence-electron chi connectivity index (χ3n) is 5.16. The fraction of sp³-hybridized carbons (Fsp3) is 0.500. The molecule has 1 fully saturated rings. The summed E-state index contributed by atoms with van der Waals surface area (Å²) in [6.45, 7) is 2.20. The van der Waals surface area contributed by atoms with Crippen molar-refractivity contribution in [2.45, 2.75) is 50.2 Å². The number of carbonyl (C=O) groups excluding carboxylic acids is 2. The lowest BCUT2D eigenvalue weighted by atomic mass is 9.86. The Balaban J connectivity index is 1.49. The minimum atomic E-state index is -0.191. The molecule has 0 radical (unpaired) electrons. The summed E-state index contributed by atoms with van der Waals surface area (Å²) >= 11 is 7.18. The highest BCUT2D eigenvalue weighted by molar-refractivity contribution is 7.99. The Morgan fingerprint density at radius 2 is 1.90 bits per heavy atom. The molecule has 0 bridgehead atoms. The molecule has 1 aromatic carbocycles. The van der Waals surface area contributed by atoms with Crippen molar-refractivity contribution in [1.82, 2.24) is 20.1 Å². The molecule has 0 spiro atoms. The predicted octanol–water partition coefficient (Wildman–Crippen LogP) is 3.44. The summed E-state index contributed by atoms with van der Waals surface area (Å²) in [4.78, 5) is 24.5. The van der Waals surface area contributed by atoms with Gasteiger partial charge in [0.2, 0.25) is 11.8 Å². The average molecular weight is 436 g/mol. The molecule has 156 valence electrons. The zero-order valence-electron chi connectivity index (χ0n) is 16.7. The molecule has 1 aliphatic carbocycles.